The highest BCUT2D eigenvalue weighted by Crippen LogP contribution is 2.47. The minimum atomic E-state index is -4.43. The van der Waals surface area contributed by atoms with Gasteiger partial charge in [0.25, 0.3) is 0 Å². The predicted octanol–water partition coefficient (Wildman–Crippen LogP) is 4.42. The third kappa shape index (κ3) is 4.91. The number of pyridine rings is 1. The van der Waals surface area contributed by atoms with E-state index in [2.05, 4.69) is 16.5 Å². The van der Waals surface area contributed by atoms with E-state index in [1.807, 2.05) is 0 Å². The number of amides is 1. The first-order valence-electron chi connectivity index (χ1n) is 12.1. The lowest BCUT2D eigenvalue weighted by atomic mass is 9.79. The minimum absolute atomic E-state index is 0.122. The summed E-state index contributed by atoms with van der Waals surface area (Å²) in [6.07, 6.45) is 2.95. The van der Waals surface area contributed by atoms with Crippen molar-refractivity contribution in [2.45, 2.75) is 57.7 Å². The molecule has 33 heavy (non-hydrogen) atoms. The Hall–Kier alpha value is -2.09. The Balaban J connectivity index is 1.30. The van der Waals surface area contributed by atoms with E-state index in [1.165, 1.54) is 18.9 Å². The van der Waals surface area contributed by atoms with Crippen LogP contribution in [0.2, 0.25) is 0 Å². The second-order valence-corrected chi connectivity index (χ2v) is 10.5. The van der Waals surface area contributed by atoms with E-state index in [1.54, 1.807) is 4.90 Å². The summed E-state index contributed by atoms with van der Waals surface area (Å²) in [7, 11) is 0. The smallest absolute Gasteiger partial charge is 0.417 e. The molecule has 1 aliphatic carbocycles. The number of ether oxygens (including phenoxy) is 1. The van der Waals surface area contributed by atoms with Gasteiger partial charge < -0.3 is 14.5 Å². The van der Waals surface area contributed by atoms with Crippen LogP contribution in [0.1, 0.15) is 55.3 Å². The maximum Gasteiger partial charge on any atom is 0.417 e. The van der Waals surface area contributed by atoms with Crippen molar-refractivity contribution >= 4 is 5.91 Å². The molecule has 5 nitrogen and oxygen atoms in total. The highest BCUT2D eigenvalue weighted by Gasteiger charge is 2.49. The Bertz CT molecular complexity index is 930. The highest BCUT2D eigenvalue weighted by molar-refractivity contribution is 5.83. The second kappa shape index (κ2) is 8.60. The lowest BCUT2D eigenvalue weighted by Gasteiger charge is -2.37. The van der Waals surface area contributed by atoms with Gasteiger partial charge in [-0.25, -0.2) is 0 Å². The zero-order valence-corrected chi connectivity index (χ0v) is 19.0. The van der Waals surface area contributed by atoms with E-state index in [4.69, 9.17) is 4.74 Å². The molecule has 0 N–H and O–H groups in total. The topological polar surface area (TPSA) is 45.7 Å². The van der Waals surface area contributed by atoms with Crippen LogP contribution in [0.5, 0.6) is 0 Å². The summed E-state index contributed by atoms with van der Waals surface area (Å²) in [5.41, 5.74) is 0.0432. The van der Waals surface area contributed by atoms with Gasteiger partial charge in [-0.2, -0.15) is 13.2 Å². The summed E-state index contributed by atoms with van der Waals surface area (Å²) in [4.78, 5) is 22.2. The van der Waals surface area contributed by atoms with E-state index in [-0.39, 0.29) is 12.5 Å². The first-order chi connectivity index (χ1) is 15.7. The number of hydrogen-bond donors (Lipinski definition) is 0. The number of allylic oxidation sites excluding steroid dienone is 1. The highest BCUT2D eigenvalue weighted by atomic mass is 19.4. The van der Waals surface area contributed by atoms with Gasteiger partial charge in [0, 0.05) is 50.9 Å². The molecule has 2 saturated heterocycles. The fourth-order valence-corrected chi connectivity index (χ4v) is 5.88. The van der Waals surface area contributed by atoms with E-state index >= 15 is 0 Å². The van der Waals surface area contributed by atoms with Gasteiger partial charge in [-0.05, 0) is 49.3 Å². The summed E-state index contributed by atoms with van der Waals surface area (Å²) in [5, 5.41) is 0. The normalized spacial score (nSPS) is 28.5. The van der Waals surface area contributed by atoms with Gasteiger partial charge in [0.2, 0.25) is 5.91 Å². The Labute approximate surface area is 193 Å². The summed E-state index contributed by atoms with van der Waals surface area (Å²) >= 11 is 0. The van der Waals surface area contributed by atoms with Crippen molar-refractivity contribution < 1.29 is 22.7 Å². The fourth-order valence-electron chi connectivity index (χ4n) is 5.88. The molecule has 4 heterocycles. The molecule has 8 heteroatoms. The average Bonchev–Trinajstić information content (AvgIpc) is 3.50. The van der Waals surface area contributed by atoms with Crippen LogP contribution in [0.25, 0.3) is 0 Å². The van der Waals surface area contributed by atoms with Crippen LogP contribution in [0.4, 0.5) is 13.2 Å². The third-order valence-corrected chi connectivity index (χ3v) is 7.78. The quantitative estimate of drug-likeness (QED) is 0.649. The second-order valence-electron chi connectivity index (χ2n) is 10.5. The Morgan fingerprint density at radius 2 is 2.06 bits per heavy atom. The van der Waals surface area contributed by atoms with Crippen LogP contribution >= 0.6 is 0 Å². The van der Waals surface area contributed by atoms with Crippen LogP contribution in [0.3, 0.4) is 0 Å². The number of aromatic nitrogens is 1. The van der Waals surface area contributed by atoms with Crippen LogP contribution < -0.4 is 0 Å². The Morgan fingerprint density at radius 1 is 1.24 bits per heavy atom. The van der Waals surface area contributed by atoms with Crippen molar-refractivity contribution in [2.24, 2.45) is 17.3 Å². The molecule has 180 valence electrons. The Kier molecular flexibility index (Phi) is 5.91. The van der Waals surface area contributed by atoms with Crippen LogP contribution in [0.15, 0.2) is 24.6 Å². The van der Waals surface area contributed by atoms with E-state index in [0.717, 1.165) is 57.3 Å². The summed E-state index contributed by atoms with van der Waals surface area (Å²) in [6.45, 7) is 8.01. The largest absolute Gasteiger partial charge is 0.499 e. The predicted molar refractivity (Wildman–Crippen MR) is 117 cm³/mol. The molecule has 3 fully saturated rings. The molecular formula is C25H32F3N3O2. The molecule has 1 aromatic heterocycles. The number of rotatable bonds is 5. The average molecular weight is 464 g/mol. The van der Waals surface area contributed by atoms with Gasteiger partial charge in [0.05, 0.1) is 23.3 Å². The molecule has 1 amide bonds. The molecule has 2 unspecified atom stereocenters. The van der Waals surface area contributed by atoms with Crippen molar-refractivity contribution in [2.75, 3.05) is 32.8 Å². The molecule has 0 spiro atoms. The molecule has 3 aliphatic heterocycles. The summed E-state index contributed by atoms with van der Waals surface area (Å²) in [6, 6.07) is 1.17. The number of carbonyl (C=O) groups excluding carboxylic acids is 1. The van der Waals surface area contributed by atoms with Gasteiger partial charge in [0.1, 0.15) is 0 Å². The monoisotopic (exact) mass is 463 g/mol. The van der Waals surface area contributed by atoms with Crippen LogP contribution in [-0.2, 0) is 28.7 Å². The molecule has 0 bridgehead atoms. The SMILES string of the molecule is C=C1CC(CN2CCC(CC3CC3)(C(=O)N3CCc4ncc(C(F)(F)F)cc4C3)C2)CCO1. The molecule has 4 aliphatic rings. The number of nitrogens with zero attached hydrogens (tertiary/aromatic N) is 3. The van der Waals surface area contributed by atoms with Gasteiger partial charge in [-0.15, -0.1) is 0 Å². The fraction of sp³-hybridized carbons (Fsp3) is 0.680. The van der Waals surface area contributed by atoms with Crippen molar-refractivity contribution in [3.05, 3.63) is 41.4 Å². The van der Waals surface area contributed by atoms with Gasteiger partial charge in [0.15, 0.2) is 0 Å². The van der Waals surface area contributed by atoms with Gasteiger partial charge >= 0.3 is 6.18 Å². The van der Waals surface area contributed by atoms with E-state index in [9.17, 15) is 18.0 Å². The lowest BCUT2D eigenvalue weighted by Crippen LogP contribution is -2.48. The van der Waals surface area contributed by atoms with E-state index in [0.29, 0.717) is 42.7 Å². The molecule has 0 aromatic carbocycles. The first kappa shape index (κ1) is 22.7. The number of fused-ring (bicyclic) bond motifs is 1. The zero-order valence-electron chi connectivity index (χ0n) is 19.0. The summed E-state index contributed by atoms with van der Waals surface area (Å²) < 4.78 is 45.1. The van der Waals surface area contributed by atoms with Crippen LogP contribution in [0, 0.1) is 17.3 Å². The Morgan fingerprint density at radius 3 is 2.79 bits per heavy atom. The number of alkyl halides is 3. The number of carbonyl (C=O) groups is 1. The zero-order chi connectivity index (χ0) is 23.2. The molecule has 0 radical (unpaired) electrons. The maximum atomic E-state index is 13.9. The standard InChI is InChI=1S/C25H32F3N3O2/c1-17-10-19(5-9-33-17)14-30-8-6-24(16-30,12-18-2-3-18)23(32)31-7-4-22-20(15-31)11-21(13-29-22)25(26,27)28/h11,13,18-19H,1-10,12,14-16H2. The number of hydrogen-bond acceptors (Lipinski definition) is 4. The molecule has 1 saturated carbocycles. The number of halogens is 3. The first-order valence-corrected chi connectivity index (χ1v) is 12.1. The van der Waals surface area contributed by atoms with E-state index < -0.39 is 17.2 Å². The molecule has 1 aromatic rings. The molecule has 2 atom stereocenters. The minimum Gasteiger partial charge on any atom is -0.499 e. The third-order valence-electron chi connectivity index (χ3n) is 7.78. The molecular weight excluding hydrogens is 431 g/mol. The van der Waals surface area contributed by atoms with Crippen molar-refractivity contribution in [3.63, 3.8) is 0 Å². The van der Waals surface area contributed by atoms with Gasteiger partial charge in [-0.3, -0.25) is 9.78 Å². The summed E-state index contributed by atoms with van der Waals surface area (Å²) in [5.74, 6) is 2.08. The van der Waals surface area contributed by atoms with Crippen molar-refractivity contribution in [3.8, 4) is 0 Å². The van der Waals surface area contributed by atoms with Gasteiger partial charge in [-0.1, -0.05) is 19.4 Å². The lowest BCUT2D eigenvalue weighted by molar-refractivity contribution is -0.143. The van der Waals surface area contributed by atoms with Crippen LogP contribution in [-0.4, -0.2) is 53.5 Å². The maximum absolute atomic E-state index is 13.9. The number of likely N-dealkylation sites (tertiary alicyclic amines) is 1. The van der Waals surface area contributed by atoms with Crippen molar-refractivity contribution in [1.29, 1.82) is 0 Å². The van der Waals surface area contributed by atoms with Crippen molar-refractivity contribution in [1.82, 2.24) is 14.8 Å². The molecule has 5 rings (SSSR count).